The molecule has 0 saturated carbocycles. The van der Waals surface area contributed by atoms with Crippen LogP contribution in [0.5, 0.6) is 0 Å². The lowest BCUT2D eigenvalue weighted by molar-refractivity contribution is 0.0601. The van der Waals surface area contributed by atoms with Gasteiger partial charge in [0, 0.05) is 5.56 Å². The Balaban J connectivity index is 1.94. The highest BCUT2D eigenvalue weighted by molar-refractivity contribution is 5.91. The van der Waals surface area contributed by atoms with Crippen molar-refractivity contribution in [2.24, 2.45) is 0 Å². The number of H-pyrrole nitrogens is 1. The van der Waals surface area contributed by atoms with E-state index >= 15 is 0 Å². The van der Waals surface area contributed by atoms with E-state index in [4.69, 9.17) is 10.00 Å². The summed E-state index contributed by atoms with van der Waals surface area (Å²) in [5.74, 6) is -0.371. The predicted molar refractivity (Wildman–Crippen MR) is 83.3 cm³/mol. The quantitative estimate of drug-likeness (QED) is 0.751. The van der Waals surface area contributed by atoms with Gasteiger partial charge in [-0.3, -0.25) is 0 Å². The summed E-state index contributed by atoms with van der Waals surface area (Å²) in [4.78, 5) is 11.6. The Bertz CT molecular complexity index is 891. The van der Waals surface area contributed by atoms with E-state index in [9.17, 15) is 4.79 Å². The predicted octanol–water partition coefficient (Wildman–Crippen LogP) is 2.80. The zero-order valence-electron chi connectivity index (χ0n) is 12.3. The highest BCUT2D eigenvalue weighted by Crippen LogP contribution is 2.25. The average Bonchev–Trinajstić information content (AvgIpc) is 3.10. The molecular formula is C17H12N4O2. The number of nitriles is 1. The minimum atomic E-state index is -0.371. The molecule has 1 heterocycles. The van der Waals surface area contributed by atoms with Gasteiger partial charge in [0.1, 0.15) is 11.8 Å². The molecule has 23 heavy (non-hydrogen) atoms. The summed E-state index contributed by atoms with van der Waals surface area (Å²) < 4.78 is 4.73. The lowest BCUT2D eigenvalue weighted by atomic mass is 10.0. The van der Waals surface area contributed by atoms with E-state index in [1.807, 2.05) is 36.4 Å². The van der Waals surface area contributed by atoms with Crippen LogP contribution in [-0.2, 0) is 4.74 Å². The lowest BCUT2D eigenvalue weighted by Crippen LogP contribution is -2.00. The summed E-state index contributed by atoms with van der Waals surface area (Å²) in [5, 5.41) is 19.1. The molecule has 0 bridgehead atoms. The molecule has 3 rings (SSSR count). The van der Waals surface area contributed by atoms with Crippen LogP contribution in [0.1, 0.15) is 16.1 Å². The van der Waals surface area contributed by atoms with Crippen LogP contribution in [0.4, 0.5) is 0 Å². The molecule has 0 amide bonds. The number of aromatic nitrogens is 3. The molecule has 2 aromatic carbocycles. The van der Waals surface area contributed by atoms with Crippen LogP contribution >= 0.6 is 0 Å². The molecular weight excluding hydrogens is 292 g/mol. The van der Waals surface area contributed by atoms with Crippen LogP contribution in [0, 0.1) is 11.3 Å². The van der Waals surface area contributed by atoms with Crippen molar-refractivity contribution in [2.75, 3.05) is 7.11 Å². The number of nitrogens with one attached hydrogen (secondary N) is 1. The Morgan fingerprint density at radius 1 is 1.13 bits per heavy atom. The number of methoxy groups -OCH3 is 1. The third kappa shape index (κ3) is 2.80. The molecule has 112 valence electrons. The van der Waals surface area contributed by atoms with Crippen molar-refractivity contribution < 1.29 is 9.53 Å². The SMILES string of the molecule is COC(=O)c1cccc(-c2ccc(-c3nn[nH]c3C#N)cc2)c1. The monoisotopic (exact) mass is 304 g/mol. The molecule has 0 aliphatic carbocycles. The fourth-order valence-electron chi connectivity index (χ4n) is 2.27. The number of nitrogens with zero attached hydrogens (tertiary/aromatic N) is 3. The second-order valence-corrected chi connectivity index (χ2v) is 4.80. The van der Waals surface area contributed by atoms with Crippen LogP contribution in [0.25, 0.3) is 22.4 Å². The molecule has 1 aromatic heterocycles. The van der Waals surface area contributed by atoms with Gasteiger partial charge >= 0.3 is 5.97 Å². The van der Waals surface area contributed by atoms with Gasteiger partial charge in [-0.15, -0.1) is 5.10 Å². The van der Waals surface area contributed by atoms with Gasteiger partial charge < -0.3 is 4.74 Å². The topological polar surface area (TPSA) is 91.7 Å². The number of hydrogen-bond acceptors (Lipinski definition) is 5. The molecule has 0 atom stereocenters. The van der Waals surface area contributed by atoms with Gasteiger partial charge in [-0.2, -0.15) is 5.26 Å². The fraction of sp³-hybridized carbons (Fsp3) is 0.0588. The standard InChI is InChI=1S/C17H12N4O2/c1-23-17(22)14-4-2-3-13(9-14)11-5-7-12(8-6-11)16-15(10-18)19-21-20-16/h2-9H,1H3,(H,19,20,21). The van der Waals surface area contributed by atoms with Crippen molar-refractivity contribution in [1.29, 1.82) is 5.26 Å². The average molecular weight is 304 g/mol. The van der Waals surface area contributed by atoms with E-state index in [1.165, 1.54) is 7.11 Å². The van der Waals surface area contributed by atoms with Gasteiger partial charge in [0.2, 0.25) is 0 Å². The third-order valence-electron chi connectivity index (χ3n) is 3.44. The number of rotatable bonds is 3. The van der Waals surface area contributed by atoms with Crippen LogP contribution in [0.15, 0.2) is 48.5 Å². The molecule has 6 heteroatoms. The Morgan fingerprint density at radius 2 is 1.87 bits per heavy atom. The second kappa shape index (κ2) is 6.12. The van der Waals surface area contributed by atoms with E-state index in [1.54, 1.807) is 18.2 Å². The largest absolute Gasteiger partial charge is 0.465 e. The lowest BCUT2D eigenvalue weighted by Gasteiger charge is -2.05. The van der Waals surface area contributed by atoms with E-state index < -0.39 is 0 Å². The number of aromatic amines is 1. The van der Waals surface area contributed by atoms with Crippen LogP contribution < -0.4 is 0 Å². The molecule has 0 radical (unpaired) electrons. The molecule has 1 N–H and O–H groups in total. The first-order chi connectivity index (χ1) is 11.2. The van der Waals surface area contributed by atoms with Gasteiger partial charge in [0.05, 0.1) is 12.7 Å². The minimum absolute atomic E-state index is 0.324. The fourth-order valence-corrected chi connectivity index (χ4v) is 2.27. The minimum Gasteiger partial charge on any atom is -0.465 e. The van der Waals surface area contributed by atoms with Crippen molar-refractivity contribution in [3.05, 3.63) is 59.8 Å². The maximum atomic E-state index is 11.6. The Hall–Kier alpha value is -3.46. The van der Waals surface area contributed by atoms with Gasteiger partial charge in [0.15, 0.2) is 5.69 Å². The number of carbonyl (C=O) groups is 1. The highest BCUT2D eigenvalue weighted by atomic mass is 16.5. The third-order valence-corrected chi connectivity index (χ3v) is 3.44. The summed E-state index contributed by atoms with van der Waals surface area (Å²) >= 11 is 0. The van der Waals surface area contributed by atoms with Crippen molar-refractivity contribution in [2.45, 2.75) is 0 Å². The molecule has 0 unspecified atom stereocenters. The van der Waals surface area contributed by atoms with Crippen molar-refractivity contribution >= 4 is 5.97 Å². The van der Waals surface area contributed by atoms with Crippen LogP contribution in [0.3, 0.4) is 0 Å². The Kier molecular flexibility index (Phi) is 3.85. The maximum Gasteiger partial charge on any atom is 0.337 e. The number of ether oxygens (including phenoxy) is 1. The number of benzene rings is 2. The summed E-state index contributed by atoms with van der Waals surface area (Å²) in [5.41, 5.74) is 3.98. The first-order valence-electron chi connectivity index (χ1n) is 6.83. The van der Waals surface area contributed by atoms with Gasteiger partial charge in [-0.05, 0) is 23.3 Å². The Morgan fingerprint density at radius 3 is 2.57 bits per heavy atom. The number of esters is 1. The molecule has 0 spiro atoms. The van der Waals surface area contributed by atoms with Crippen molar-refractivity contribution in [3.8, 4) is 28.5 Å². The van der Waals surface area contributed by atoms with Gasteiger partial charge in [-0.25, -0.2) is 9.89 Å². The molecule has 0 aliphatic rings. The summed E-state index contributed by atoms with van der Waals surface area (Å²) in [6.07, 6.45) is 0. The molecule has 0 fully saturated rings. The van der Waals surface area contributed by atoms with E-state index in [-0.39, 0.29) is 5.97 Å². The molecule has 3 aromatic rings. The first kappa shape index (κ1) is 14.5. The van der Waals surface area contributed by atoms with Gasteiger partial charge in [-0.1, -0.05) is 41.6 Å². The highest BCUT2D eigenvalue weighted by Gasteiger charge is 2.10. The molecule has 6 nitrogen and oxygen atoms in total. The Labute approximate surface area is 132 Å². The van der Waals surface area contributed by atoms with E-state index in [0.717, 1.165) is 16.7 Å². The number of hydrogen-bond donors (Lipinski definition) is 1. The molecule has 0 saturated heterocycles. The summed E-state index contributed by atoms with van der Waals surface area (Å²) in [6.45, 7) is 0. The second-order valence-electron chi connectivity index (χ2n) is 4.80. The van der Waals surface area contributed by atoms with Crippen LogP contribution in [0.2, 0.25) is 0 Å². The van der Waals surface area contributed by atoms with Crippen LogP contribution in [-0.4, -0.2) is 28.5 Å². The summed E-state index contributed by atoms with van der Waals surface area (Å²) in [7, 11) is 1.36. The van der Waals surface area contributed by atoms with E-state index in [0.29, 0.717) is 17.0 Å². The smallest absolute Gasteiger partial charge is 0.337 e. The summed E-state index contributed by atoms with van der Waals surface area (Å²) in [6, 6.07) is 16.7. The van der Waals surface area contributed by atoms with Gasteiger partial charge in [0.25, 0.3) is 0 Å². The normalized spacial score (nSPS) is 10.1. The first-order valence-corrected chi connectivity index (χ1v) is 6.83. The number of carbonyl (C=O) groups excluding carboxylic acids is 1. The van der Waals surface area contributed by atoms with E-state index in [2.05, 4.69) is 15.4 Å². The van der Waals surface area contributed by atoms with Crippen molar-refractivity contribution in [1.82, 2.24) is 15.4 Å². The van der Waals surface area contributed by atoms with Crippen molar-refractivity contribution in [3.63, 3.8) is 0 Å². The zero-order chi connectivity index (χ0) is 16.2. The zero-order valence-corrected chi connectivity index (χ0v) is 12.3. The molecule has 0 aliphatic heterocycles. The maximum absolute atomic E-state index is 11.6.